The normalized spacial score (nSPS) is 12.8. The van der Waals surface area contributed by atoms with Gasteiger partial charge in [-0.3, -0.25) is 9.88 Å². The van der Waals surface area contributed by atoms with Crippen molar-refractivity contribution < 1.29 is 13.6 Å². The molecule has 0 saturated heterocycles. The molecule has 0 aliphatic rings. The van der Waals surface area contributed by atoms with Crippen molar-refractivity contribution in [2.45, 2.75) is 25.7 Å². The number of nitrogens with one attached hydrogen (secondary N) is 1. The molecule has 1 N–H and O–H groups in total. The molecule has 0 spiro atoms. The van der Waals surface area contributed by atoms with Crippen molar-refractivity contribution in [1.29, 1.82) is 0 Å². The van der Waals surface area contributed by atoms with Gasteiger partial charge in [-0.05, 0) is 42.7 Å². The van der Waals surface area contributed by atoms with E-state index in [-0.39, 0.29) is 19.3 Å². The largest absolute Gasteiger partial charge is 0.351 e. The highest BCUT2D eigenvalue weighted by atomic mass is 35.5. The third kappa shape index (κ3) is 5.60. The third-order valence-electron chi connectivity index (χ3n) is 4.71. The average Bonchev–Trinajstić information content (AvgIpc) is 2.77. The Morgan fingerprint density at radius 1 is 0.767 bits per heavy atom. The molecule has 3 aromatic carbocycles. The van der Waals surface area contributed by atoms with E-state index in [0.29, 0.717) is 5.02 Å². The molecule has 0 aliphatic heterocycles. The second kappa shape index (κ2) is 10.9. The van der Waals surface area contributed by atoms with Gasteiger partial charge in [0.15, 0.2) is 0 Å². The minimum atomic E-state index is -3.52. The van der Waals surface area contributed by atoms with Gasteiger partial charge in [-0.1, -0.05) is 84.4 Å². The lowest BCUT2D eigenvalue weighted by Crippen LogP contribution is -2.29. The predicted octanol–water partition coefficient (Wildman–Crippen LogP) is 6.98. The highest BCUT2D eigenvalue weighted by Gasteiger charge is 2.38. The maximum Gasteiger partial charge on any atom is 0.351 e. The van der Waals surface area contributed by atoms with Crippen LogP contribution in [0, 0.1) is 0 Å². The molecule has 0 saturated carbocycles. The van der Waals surface area contributed by atoms with Crippen LogP contribution >= 0.6 is 19.2 Å². The van der Waals surface area contributed by atoms with Crippen LogP contribution in [0.5, 0.6) is 0 Å². The zero-order valence-electron chi connectivity index (χ0n) is 17.2. The van der Waals surface area contributed by atoms with Crippen molar-refractivity contribution in [3.63, 3.8) is 0 Å². The average molecular weight is 444 g/mol. The summed E-state index contributed by atoms with van der Waals surface area (Å²) in [5, 5.41) is 4.19. The Balaban J connectivity index is 2.09. The van der Waals surface area contributed by atoms with E-state index in [4.69, 9.17) is 20.6 Å². The highest BCUT2D eigenvalue weighted by molar-refractivity contribution is 7.54. The van der Waals surface area contributed by atoms with Gasteiger partial charge in [0.1, 0.15) is 5.78 Å². The Kier molecular flexibility index (Phi) is 8.26. The van der Waals surface area contributed by atoms with Gasteiger partial charge in [0.25, 0.3) is 0 Å². The lowest BCUT2D eigenvalue weighted by Gasteiger charge is -2.31. The number of benzene rings is 3. The summed E-state index contributed by atoms with van der Waals surface area (Å²) in [6, 6.07) is 27.2. The summed E-state index contributed by atoms with van der Waals surface area (Å²) in [5.74, 6) is -0.667. The summed E-state index contributed by atoms with van der Waals surface area (Å²) < 4.78 is 25.3. The molecule has 6 heteroatoms. The zero-order chi connectivity index (χ0) is 21.4. The van der Waals surface area contributed by atoms with Gasteiger partial charge < -0.3 is 9.05 Å². The van der Waals surface area contributed by atoms with Crippen LogP contribution in [0.4, 0.5) is 0 Å². The van der Waals surface area contributed by atoms with Crippen LogP contribution in [0.15, 0.2) is 84.9 Å². The lowest BCUT2D eigenvalue weighted by atomic mass is 9.98. The van der Waals surface area contributed by atoms with E-state index in [1.54, 1.807) is 12.1 Å². The van der Waals surface area contributed by atoms with Gasteiger partial charge in [-0.2, -0.15) is 0 Å². The van der Waals surface area contributed by atoms with Crippen LogP contribution in [-0.4, -0.2) is 13.2 Å². The van der Waals surface area contributed by atoms with Crippen LogP contribution in [0.2, 0.25) is 5.02 Å². The predicted molar refractivity (Wildman–Crippen MR) is 123 cm³/mol. The number of rotatable bonds is 10. The van der Waals surface area contributed by atoms with E-state index in [0.717, 1.165) is 16.7 Å². The molecule has 0 bridgehead atoms. The van der Waals surface area contributed by atoms with Gasteiger partial charge in [0.05, 0.1) is 19.3 Å². The van der Waals surface area contributed by atoms with E-state index >= 15 is 0 Å². The van der Waals surface area contributed by atoms with Gasteiger partial charge in [-0.15, -0.1) is 0 Å². The maximum absolute atomic E-state index is 13.9. The minimum absolute atomic E-state index is 0.206. The molecule has 30 heavy (non-hydrogen) atoms. The van der Waals surface area contributed by atoms with Crippen molar-refractivity contribution in [1.82, 2.24) is 5.32 Å². The quantitative estimate of drug-likeness (QED) is 0.343. The molecular weight excluding hydrogens is 417 g/mol. The van der Waals surface area contributed by atoms with Crippen LogP contribution in [0.25, 0.3) is 0 Å². The lowest BCUT2D eigenvalue weighted by molar-refractivity contribution is 0.206. The summed E-state index contributed by atoms with van der Waals surface area (Å²) >= 11 is 6.10. The first-order chi connectivity index (χ1) is 14.6. The number of halogens is 1. The summed E-state index contributed by atoms with van der Waals surface area (Å²) in [7, 11) is -3.52. The summed E-state index contributed by atoms with van der Waals surface area (Å²) in [5.41, 5.74) is 2.91. The molecule has 1 unspecified atom stereocenters. The Bertz CT molecular complexity index is 902. The molecule has 0 fully saturated rings. The Hall–Kier alpha value is -1.94. The first-order valence-electron chi connectivity index (χ1n) is 10.1. The van der Waals surface area contributed by atoms with Crippen molar-refractivity contribution in [3.8, 4) is 0 Å². The SMILES string of the molecule is CCOP(=O)(OCC)C(NC(c1ccccc1)c1ccccc1)c1ccc(Cl)cc1. The first-order valence-corrected chi connectivity index (χ1v) is 12.1. The Morgan fingerprint density at radius 2 is 1.23 bits per heavy atom. The molecule has 4 nitrogen and oxygen atoms in total. The fourth-order valence-corrected chi connectivity index (χ4v) is 5.48. The maximum atomic E-state index is 13.9. The molecular formula is C24H27ClNO3P. The molecule has 0 amide bonds. The fourth-order valence-electron chi connectivity index (χ4n) is 3.40. The van der Waals surface area contributed by atoms with Crippen molar-refractivity contribution in [3.05, 3.63) is 107 Å². The van der Waals surface area contributed by atoms with Gasteiger partial charge in [0, 0.05) is 5.02 Å². The Morgan fingerprint density at radius 3 is 1.67 bits per heavy atom. The van der Waals surface area contributed by atoms with Crippen LogP contribution in [0.3, 0.4) is 0 Å². The van der Waals surface area contributed by atoms with E-state index in [2.05, 4.69) is 29.6 Å². The summed E-state index contributed by atoms with van der Waals surface area (Å²) in [4.78, 5) is 0. The van der Waals surface area contributed by atoms with Crippen LogP contribution in [-0.2, 0) is 13.6 Å². The molecule has 3 aromatic rings. The molecule has 0 aromatic heterocycles. The van der Waals surface area contributed by atoms with Gasteiger partial charge in [0.2, 0.25) is 0 Å². The number of hydrogen-bond donors (Lipinski definition) is 1. The molecule has 0 heterocycles. The smallest absolute Gasteiger partial charge is 0.308 e. The van der Waals surface area contributed by atoms with E-state index < -0.39 is 13.4 Å². The fraction of sp³-hybridized carbons (Fsp3) is 0.250. The minimum Gasteiger partial charge on any atom is -0.308 e. The molecule has 0 radical (unpaired) electrons. The van der Waals surface area contributed by atoms with Crippen molar-refractivity contribution in [2.75, 3.05) is 13.2 Å². The second-order valence-corrected chi connectivity index (χ2v) is 9.30. The van der Waals surface area contributed by atoms with Crippen LogP contribution in [0.1, 0.15) is 42.4 Å². The first kappa shape index (κ1) is 22.7. The summed E-state index contributed by atoms with van der Waals surface area (Å²) in [6.07, 6.45) is 0. The van der Waals surface area contributed by atoms with Crippen molar-refractivity contribution >= 4 is 19.2 Å². The molecule has 158 valence electrons. The standard InChI is InChI=1S/C24H27ClNO3P/c1-3-28-30(27,29-4-2)24(21-15-17-22(25)18-16-21)26-23(19-11-7-5-8-12-19)20-13-9-6-10-14-20/h5-18,23-24,26H,3-4H2,1-2H3. The topological polar surface area (TPSA) is 47.6 Å². The number of hydrogen-bond acceptors (Lipinski definition) is 4. The summed E-state index contributed by atoms with van der Waals surface area (Å²) in [6.45, 7) is 4.20. The molecule has 3 rings (SSSR count). The molecule has 0 aliphatic carbocycles. The third-order valence-corrected chi connectivity index (χ3v) is 7.28. The van der Waals surface area contributed by atoms with E-state index in [9.17, 15) is 4.57 Å². The van der Waals surface area contributed by atoms with Crippen molar-refractivity contribution in [2.24, 2.45) is 0 Å². The van der Waals surface area contributed by atoms with E-state index in [1.807, 2.05) is 62.4 Å². The zero-order valence-corrected chi connectivity index (χ0v) is 18.9. The molecule has 1 atom stereocenters. The van der Waals surface area contributed by atoms with Gasteiger partial charge >= 0.3 is 7.60 Å². The second-order valence-electron chi connectivity index (χ2n) is 6.75. The monoisotopic (exact) mass is 443 g/mol. The van der Waals surface area contributed by atoms with E-state index in [1.165, 1.54) is 0 Å². The van der Waals surface area contributed by atoms with Crippen LogP contribution < -0.4 is 5.32 Å². The van der Waals surface area contributed by atoms with Gasteiger partial charge in [-0.25, -0.2) is 0 Å². The Labute approximate surface area is 183 Å². The highest BCUT2D eigenvalue weighted by Crippen LogP contribution is 2.60.